The van der Waals surface area contributed by atoms with Gasteiger partial charge < -0.3 is 31.7 Å². The van der Waals surface area contributed by atoms with Gasteiger partial charge in [0.05, 0.1) is 13.2 Å². The fourth-order valence-electron chi connectivity index (χ4n) is 7.47. The number of para-hydroxylation sites is 3. The average Bonchev–Trinajstić information content (AvgIpc) is 3.73. The minimum absolute atomic E-state index is 0.156. The molecular formula is C50H45O9P3. The molecule has 0 bridgehead atoms. The van der Waals surface area contributed by atoms with Crippen molar-refractivity contribution in [2.75, 3.05) is 13.2 Å². The molecule has 9 rings (SSSR count). The van der Waals surface area contributed by atoms with E-state index in [1.54, 1.807) is 0 Å². The van der Waals surface area contributed by atoms with Gasteiger partial charge >= 0.3 is 25.8 Å². The lowest BCUT2D eigenvalue weighted by molar-refractivity contribution is 0.186. The molecule has 3 atom stereocenters. The molecule has 2 aliphatic rings. The molecule has 12 heteroatoms. The molecule has 0 fully saturated rings. The third kappa shape index (κ3) is 10.5. The molecule has 0 aromatic heterocycles. The minimum atomic E-state index is -1.88. The van der Waals surface area contributed by atoms with Crippen molar-refractivity contribution in [1.82, 2.24) is 0 Å². The van der Waals surface area contributed by atoms with Crippen molar-refractivity contribution in [2.45, 2.75) is 38.5 Å². The molecule has 2 unspecified atom stereocenters. The lowest BCUT2D eigenvalue weighted by Crippen LogP contribution is -2.12. The van der Waals surface area contributed by atoms with Crippen molar-refractivity contribution < 1.29 is 40.7 Å². The molecule has 9 nitrogen and oxygen atoms in total. The molecule has 0 saturated carbocycles. The molecule has 0 N–H and O–H groups in total. The molecular weight excluding hydrogens is 837 g/mol. The van der Waals surface area contributed by atoms with Crippen molar-refractivity contribution in [3.05, 3.63) is 198 Å². The van der Waals surface area contributed by atoms with Gasteiger partial charge in [0.15, 0.2) is 0 Å². The monoisotopic (exact) mass is 882 g/mol. The maximum absolute atomic E-state index is 6.61. The van der Waals surface area contributed by atoms with E-state index < -0.39 is 25.8 Å². The Morgan fingerprint density at radius 2 is 1.05 bits per heavy atom. The number of rotatable bonds is 18. The molecule has 0 saturated heterocycles. The summed E-state index contributed by atoms with van der Waals surface area (Å²) >= 11 is 0. The van der Waals surface area contributed by atoms with Crippen LogP contribution >= 0.6 is 25.8 Å². The Hall–Kier alpha value is -5.65. The van der Waals surface area contributed by atoms with Crippen molar-refractivity contribution in [2.24, 2.45) is 0 Å². The summed E-state index contributed by atoms with van der Waals surface area (Å²) in [6.07, 6.45) is 4.12. The lowest BCUT2D eigenvalue weighted by atomic mass is 9.87. The second kappa shape index (κ2) is 20.5. The first-order valence-corrected chi connectivity index (χ1v) is 23.9. The lowest BCUT2D eigenvalue weighted by Gasteiger charge is -2.28. The molecule has 1 heterocycles. The summed E-state index contributed by atoms with van der Waals surface area (Å²) < 4.78 is 56.6. The molecule has 0 spiro atoms. The predicted molar refractivity (Wildman–Crippen MR) is 245 cm³/mol. The maximum Gasteiger partial charge on any atom is 0.530 e. The Labute approximate surface area is 366 Å². The van der Waals surface area contributed by atoms with E-state index >= 15 is 0 Å². The van der Waals surface area contributed by atoms with Crippen LogP contribution in [0, 0.1) is 0 Å². The van der Waals surface area contributed by atoms with Gasteiger partial charge in [-0.3, -0.25) is 9.05 Å². The maximum atomic E-state index is 6.61. The standard InChI is InChI=1S/C50H45O9P3/c1-2-15-38-16-13-26-47-49(38)46-33-30-39-17-14-27-48(50(39)46)59-62(58-47)56-44-31-28-37(29-32-44)40-18-12-25-45(36-40)57-61(55-43-23-10-5-11-24-43)52-35-34-51-60(53-41-19-6-3-7-20-41)54-42-21-8-4-9-22-42/h3-14,16-29,31-32,36,46H,2,15,30,33-35H2,1H3/t46-,61?,62?/m0/s1. The second-order valence-corrected chi connectivity index (χ2v) is 17.6. The zero-order valence-electron chi connectivity index (χ0n) is 34.1. The van der Waals surface area contributed by atoms with Gasteiger partial charge in [-0.15, -0.1) is 0 Å². The van der Waals surface area contributed by atoms with E-state index in [0.29, 0.717) is 28.7 Å². The van der Waals surface area contributed by atoms with E-state index in [1.165, 1.54) is 22.3 Å². The van der Waals surface area contributed by atoms with Crippen LogP contribution in [0.1, 0.15) is 47.9 Å². The first-order valence-electron chi connectivity index (χ1n) is 20.7. The van der Waals surface area contributed by atoms with Crippen LogP contribution in [0.5, 0.6) is 40.2 Å². The highest BCUT2D eigenvalue weighted by Gasteiger charge is 2.36. The SMILES string of the molecule is CCCc1cccc2c1[C@@H]1CCc3cccc(c31)OP(Oc1ccc(-c3cccc(OP(OCCOP(Oc4ccccc4)Oc4ccccc4)Oc4ccccc4)c3)cc1)O2. The van der Waals surface area contributed by atoms with E-state index in [9.17, 15) is 0 Å². The highest BCUT2D eigenvalue weighted by Crippen LogP contribution is 2.55. The van der Waals surface area contributed by atoms with Gasteiger partial charge in [0.2, 0.25) is 0 Å². The summed E-state index contributed by atoms with van der Waals surface area (Å²) in [6.45, 7) is 2.54. The third-order valence-electron chi connectivity index (χ3n) is 10.2. The van der Waals surface area contributed by atoms with Gasteiger partial charge in [-0.1, -0.05) is 116 Å². The van der Waals surface area contributed by atoms with Crippen molar-refractivity contribution in [3.63, 3.8) is 0 Å². The number of fused-ring (bicyclic) bond motifs is 2. The fraction of sp³-hybridized carbons (Fsp3) is 0.160. The average molecular weight is 883 g/mol. The molecule has 1 aliphatic heterocycles. The van der Waals surface area contributed by atoms with Gasteiger partial charge in [-0.2, -0.15) is 0 Å². The van der Waals surface area contributed by atoms with Crippen LogP contribution in [0.25, 0.3) is 11.1 Å². The Kier molecular flexibility index (Phi) is 13.8. The Balaban J connectivity index is 0.869. The van der Waals surface area contributed by atoms with Gasteiger partial charge in [0.1, 0.15) is 40.2 Å². The summed E-state index contributed by atoms with van der Waals surface area (Å²) in [5.74, 6) is 5.06. The van der Waals surface area contributed by atoms with E-state index in [-0.39, 0.29) is 19.1 Å². The number of hydrogen-bond donors (Lipinski definition) is 0. The Morgan fingerprint density at radius 3 is 1.65 bits per heavy atom. The molecule has 0 amide bonds. The van der Waals surface area contributed by atoms with Crippen molar-refractivity contribution in [3.8, 4) is 51.4 Å². The molecule has 1 aliphatic carbocycles. The van der Waals surface area contributed by atoms with Crippen LogP contribution in [0.2, 0.25) is 0 Å². The van der Waals surface area contributed by atoms with Gasteiger partial charge in [-0.05, 0) is 114 Å². The fourth-order valence-corrected chi connectivity index (χ4v) is 10.4. The van der Waals surface area contributed by atoms with E-state index in [2.05, 4.69) is 37.3 Å². The number of hydrogen-bond acceptors (Lipinski definition) is 9. The van der Waals surface area contributed by atoms with E-state index in [1.807, 2.05) is 146 Å². The van der Waals surface area contributed by atoms with Crippen LogP contribution < -0.4 is 31.7 Å². The molecule has 7 aromatic carbocycles. The first-order chi connectivity index (χ1) is 30.6. The zero-order chi connectivity index (χ0) is 41.9. The van der Waals surface area contributed by atoms with E-state index in [4.69, 9.17) is 40.7 Å². The van der Waals surface area contributed by atoms with Crippen molar-refractivity contribution in [1.29, 1.82) is 0 Å². The third-order valence-corrected chi connectivity index (χ3v) is 13.5. The van der Waals surface area contributed by atoms with Gasteiger partial charge in [0, 0.05) is 17.0 Å². The number of aryl methyl sites for hydroxylation is 2. The number of benzene rings is 7. The largest absolute Gasteiger partial charge is 0.530 e. The summed E-state index contributed by atoms with van der Waals surface area (Å²) in [5.41, 5.74) is 7.12. The highest BCUT2D eigenvalue weighted by molar-refractivity contribution is 7.43. The smallest absolute Gasteiger partial charge is 0.418 e. The van der Waals surface area contributed by atoms with E-state index in [0.717, 1.165) is 48.3 Å². The molecule has 314 valence electrons. The van der Waals surface area contributed by atoms with Crippen molar-refractivity contribution >= 4 is 25.8 Å². The zero-order valence-corrected chi connectivity index (χ0v) is 36.8. The topological polar surface area (TPSA) is 83.1 Å². The van der Waals surface area contributed by atoms with Gasteiger partial charge in [-0.25, -0.2) is 0 Å². The quantitative estimate of drug-likeness (QED) is 0.0618. The Bertz CT molecular complexity index is 2470. The summed E-state index contributed by atoms with van der Waals surface area (Å²) in [7, 11) is -5.46. The predicted octanol–water partition coefficient (Wildman–Crippen LogP) is 14.6. The second-order valence-electron chi connectivity index (χ2n) is 14.5. The van der Waals surface area contributed by atoms with Crippen LogP contribution in [0.15, 0.2) is 176 Å². The highest BCUT2D eigenvalue weighted by atomic mass is 31.2. The minimum Gasteiger partial charge on any atom is -0.418 e. The molecule has 0 radical (unpaired) electrons. The summed E-state index contributed by atoms with van der Waals surface area (Å²) in [6, 6.07) is 56.7. The van der Waals surface area contributed by atoms with Crippen LogP contribution in [-0.2, 0) is 21.9 Å². The van der Waals surface area contributed by atoms with Crippen LogP contribution in [0.3, 0.4) is 0 Å². The molecule has 62 heavy (non-hydrogen) atoms. The van der Waals surface area contributed by atoms with Crippen LogP contribution in [-0.4, -0.2) is 13.2 Å². The summed E-state index contributed by atoms with van der Waals surface area (Å²) in [5, 5.41) is 0. The normalized spacial score (nSPS) is 15.5. The van der Waals surface area contributed by atoms with Crippen LogP contribution in [0.4, 0.5) is 0 Å². The first kappa shape index (κ1) is 41.7. The Morgan fingerprint density at radius 1 is 0.516 bits per heavy atom. The van der Waals surface area contributed by atoms with Gasteiger partial charge in [0.25, 0.3) is 0 Å². The summed E-state index contributed by atoms with van der Waals surface area (Å²) in [4.78, 5) is 0. The molecule has 7 aromatic rings.